The molecule has 4 rings (SSSR count). The quantitative estimate of drug-likeness (QED) is 0.610. The number of imidazole rings is 1. The third-order valence-corrected chi connectivity index (χ3v) is 3.91. The molecule has 0 unspecified atom stereocenters. The predicted molar refractivity (Wildman–Crippen MR) is 91.4 cm³/mol. The average molecular weight is 319 g/mol. The van der Waals surface area contributed by atoms with Crippen LogP contribution in [0.2, 0.25) is 0 Å². The largest absolute Gasteiger partial charge is 0.365 e. The minimum absolute atomic E-state index is 0.693. The Labute approximate surface area is 139 Å². The zero-order valence-electron chi connectivity index (χ0n) is 13.3. The van der Waals surface area contributed by atoms with Crippen molar-refractivity contribution in [2.75, 3.05) is 5.32 Å². The van der Waals surface area contributed by atoms with E-state index in [1.165, 1.54) is 11.1 Å². The van der Waals surface area contributed by atoms with Gasteiger partial charge in [-0.25, -0.2) is 15.0 Å². The second-order valence-corrected chi connectivity index (χ2v) is 5.64. The van der Waals surface area contributed by atoms with Crippen molar-refractivity contribution in [2.45, 2.75) is 13.1 Å². The second-order valence-electron chi connectivity index (χ2n) is 5.64. The maximum atomic E-state index is 4.33. The molecule has 0 atom stereocenters. The van der Waals surface area contributed by atoms with Crippen LogP contribution in [0.25, 0.3) is 11.0 Å². The van der Waals surface area contributed by atoms with Crippen molar-refractivity contribution in [3.63, 3.8) is 0 Å². The summed E-state index contributed by atoms with van der Waals surface area (Å²) >= 11 is 0. The molecule has 0 fully saturated rings. The molecule has 0 bridgehead atoms. The van der Waals surface area contributed by atoms with Gasteiger partial charge < -0.3 is 9.88 Å². The topological polar surface area (TPSA) is 73.5 Å². The number of fused-ring (bicyclic) bond motifs is 1. The molecule has 0 aliphatic heterocycles. The zero-order valence-corrected chi connectivity index (χ0v) is 13.3. The molecule has 0 saturated carbocycles. The molecule has 4 aromatic rings. The molecule has 1 aromatic carbocycles. The average Bonchev–Trinajstić information content (AvgIpc) is 3.24. The van der Waals surface area contributed by atoms with Gasteiger partial charge in [-0.2, -0.15) is 5.10 Å². The maximum Gasteiger partial charge on any atom is 0.163 e. The summed E-state index contributed by atoms with van der Waals surface area (Å²) in [6.45, 7) is 1.51. The molecule has 0 saturated heterocycles. The van der Waals surface area contributed by atoms with Crippen molar-refractivity contribution in [2.24, 2.45) is 7.05 Å². The summed E-state index contributed by atoms with van der Waals surface area (Å²) < 4.78 is 3.80. The van der Waals surface area contributed by atoms with Crippen LogP contribution in [-0.2, 0) is 20.1 Å². The van der Waals surface area contributed by atoms with E-state index in [-0.39, 0.29) is 0 Å². The Morgan fingerprint density at radius 1 is 1.17 bits per heavy atom. The van der Waals surface area contributed by atoms with E-state index < -0.39 is 0 Å². The lowest BCUT2D eigenvalue weighted by Gasteiger charge is -2.09. The van der Waals surface area contributed by atoms with Gasteiger partial charge >= 0.3 is 0 Å². The summed E-state index contributed by atoms with van der Waals surface area (Å²) in [5, 5.41) is 8.54. The first-order valence-electron chi connectivity index (χ1n) is 7.70. The summed E-state index contributed by atoms with van der Waals surface area (Å²) in [5.74, 6) is 0.799. The highest BCUT2D eigenvalue weighted by Crippen LogP contribution is 2.18. The number of rotatable bonds is 5. The molecule has 120 valence electrons. The van der Waals surface area contributed by atoms with E-state index in [1.54, 1.807) is 23.4 Å². The molecule has 7 nitrogen and oxygen atoms in total. The molecule has 7 heteroatoms. The Hall–Kier alpha value is -3.22. The van der Waals surface area contributed by atoms with E-state index in [0.717, 1.165) is 23.4 Å². The lowest BCUT2D eigenvalue weighted by molar-refractivity contribution is 0.785. The molecule has 0 radical (unpaired) electrons. The van der Waals surface area contributed by atoms with Gasteiger partial charge in [-0.3, -0.25) is 4.68 Å². The number of nitrogens with zero attached hydrogens (tertiary/aromatic N) is 6. The van der Waals surface area contributed by atoms with E-state index in [2.05, 4.69) is 54.2 Å². The highest BCUT2D eigenvalue weighted by atomic mass is 15.3. The normalized spacial score (nSPS) is 11.0. The molecular formula is C17H17N7. The van der Waals surface area contributed by atoms with Crippen LogP contribution in [0.1, 0.15) is 11.1 Å². The first-order valence-corrected chi connectivity index (χ1v) is 7.70. The van der Waals surface area contributed by atoms with Gasteiger partial charge in [-0.1, -0.05) is 24.3 Å². The number of hydrogen-bond donors (Lipinski definition) is 1. The van der Waals surface area contributed by atoms with Crippen LogP contribution >= 0.6 is 0 Å². The summed E-state index contributed by atoms with van der Waals surface area (Å²) in [7, 11) is 1.87. The smallest absolute Gasteiger partial charge is 0.163 e. The second kappa shape index (κ2) is 6.11. The molecule has 0 aliphatic carbocycles. The maximum absolute atomic E-state index is 4.33. The summed E-state index contributed by atoms with van der Waals surface area (Å²) in [6, 6.07) is 8.48. The molecule has 0 amide bonds. The molecule has 1 N–H and O–H groups in total. The fourth-order valence-corrected chi connectivity index (χ4v) is 2.72. The summed E-state index contributed by atoms with van der Waals surface area (Å²) in [6.07, 6.45) is 8.92. The third kappa shape index (κ3) is 2.83. The first kappa shape index (κ1) is 14.4. The van der Waals surface area contributed by atoms with Crippen LogP contribution in [-0.4, -0.2) is 29.3 Å². The lowest BCUT2D eigenvalue weighted by Crippen LogP contribution is -2.04. The Morgan fingerprint density at radius 3 is 2.96 bits per heavy atom. The van der Waals surface area contributed by atoms with Crippen molar-refractivity contribution in [1.29, 1.82) is 0 Å². The first-order chi connectivity index (χ1) is 11.8. The van der Waals surface area contributed by atoms with Crippen molar-refractivity contribution in [1.82, 2.24) is 29.3 Å². The number of anilines is 1. The zero-order chi connectivity index (χ0) is 16.4. The van der Waals surface area contributed by atoms with E-state index >= 15 is 0 Å². The third-order valence-electron chi connectivity index (χ3n) is 3.91. The fourth-order valence-electron chi connectivity index (χ4n) is 2.72. The van der Waals surface area contributed by atoms with Crippen LogP contribution in [0.4, 0.5) is 5.82 Å². The molecule has 0 aliphatic rings. The van der Waals surface area contributed by atoms with Gasteiger partial charge in [0.2, 0.25) is 0 Å². The van der Waals surface area contributed by atoms with Crippen molar-refractivity contribution in [3.8, 4) is 0 Å². The number of nitrogens with one attached hydrogen (secondary N) is 1. The molecule has 24 heavy (non-hydrogen) atoms. The van der Waals surface area contributed by atoms with Crippen LogP contribution in [0.15, 0.2) is 55.5 Å². The van der Waals surface area contributed by atoms with Crippen molar-refractivity contribution >= 4 is 16.9 Å². The molecule has 0 spiro atoms. The predicted octanol–water partition coefficient (Wildman–Crippen LogP) is 2.22. The highest BCUT2D eigenvalue weighted by Gasteiger charge is 2.07. The van der Waals surface area contributed by atoms with Gasteiger partial charge in [-0.05, 0) is 11.1 Å². The minimum atomic E-state index is 0.693. The van der Waals surface area contributed by atoms with Crippen LogP contribution < -0.4 is 5.32 Å². The number of aromatic nitrogens is 6. The Balaban J connectivity index is 1.51. The van der Waals surface area contributed by atoms with Gasteiger partial charge in [0.05, 0.1) is 17.9 Å². The summed E-state index contributed by atoms with van der Waals surface area (Å²) in [5.41, 5.74) is 3.26. The van der Waals surface area contributed by atoms with E-state index in [1.807, 2.05) is 19.6 Å². The number of aryl methyl sites for hydroxylation is 1. The van der Waals surface area contributed by atoms with Crippen molar-refractivity contribution < 1.29 is 0 Å². The van der Waals surface area contributed by atoms with Gasteiger partial charge in [0.1, 0.15) is 12.1 Å². The van der Waals surface area contributed by atoms with Crippen molar-refractivity contribution in [3.05, 3.63) is 66.6 Å². The Kier molecular flexibility index (Phi) is 3.66. The lowest BCUT2D eigenvalue weighted by atomic mass is 10.1. The molecular weight excluding hydrogens is 302 g/mol. The van der Waals surface area contributed by atoms with Crippen LogP contribution in [0, 0.1) is 0 Å². The fraction of sp³-hybridized carbons (Fsp3) is 0.176. The number of hydrogen-bond acceptors (Lipinski definition) is 5. The van der Waals surface area contributed by atoms with E-state index in [4.69, 9.17) is 0 Å². The monoisotopic (exact) mass is 319 g/mol. The van der Waals surface area contributed by atoms with Gasteiger partial charge in [0.25, 0.3) is 0 Å². The SMILES string of the molecule is Cn1ncc2c(NCc3cccc(Cn4ccnc4)c3)ncnc21. The Bertz CT molecular complexity index is 956. The van der Waals surface area contributed by atoms with Crippen LogP contribution in [0.5, 0.6) is 0 Å². The van der Waals surface area contributed by atoms with E-state index in [0.29, 0.717) is 6.54 Å². The van der Waals surface area contributed by atoms with Crippen LogP contribution in [0.3, 0.4) is 0 Å². The molecule has 3 heterocycles. The van der Waals surface area contributed by atoms with Gasteiger partial charge in [-0.15, -0.1) is 0 Å². The summed E-state index contributed by atoms with van der Waals surface area (Å²) in [4.78, 5) is 12.7. The molecule has 3 aromatic heterocycles. The standard InChI is InChI=1S/C17H17N7/c1-23-17-15(9-22-23)16(20-11-21-17)19-8-13-3-2-4-14(7-13)10-24-6-5-18-12-24/h2-7,9,11-12H,8,10H2,1H3,(H,19,20,21). The number of benzene rings is 1. The minimum Gasteiger partial charge on any atom is -0.365 e. The highest BCUT2D eigenvalue weighted by molar-refractivity contribution is 5.85. The Morgan fingerprint density at radius 2 is 2.08 bits per heavy atom. The van der Waals surface area contributed by atoms with Gasteiger partial charge in [0.15, 0.2) is 5.65 Å². The van der Waals surface area contributed by atoms with Gasteiger partial charge in [0, 0.05) is 32.5 Å². The van der Waals surface area contributed by atoms with E-state index in [9.17, 15) is 0 Å².